The van der Waals surface area contributed by atoms with Gasteiger partial charge in [0.25, 0.3) is 0 Å². The molecule has 74 valence electrons. The first-order valence-corrected chi connectivity index (χ1v) is 5.79. The second-order valence-electron chi connectivity index (χ2n) is 3.27. The highest BCUT2D eigenvalue weighted by Gasteiger charge is 2.05. The van der Waals surface area contributed by atoms with Crippen LogP contribution in [-0.4, -0.2) is 5.33 Å². The second-order valence-corrected chi connectivity index (χ2v) is 3.83. The van der Waals surface area contributed by atoms with E-state index in [1.54, 1.807) is 0 Å². The Balaban J connectivity index is 3.26. The van der Waals surface area contributed by atoms with Crippen molar-refractivity contribution in [2.75, 3.05) is 5.33 Å². The molecule has 0 aliphatic rings. The van der Waals surface area contributed by atoms with E-state index in [2.05, 4.69) is 59.8 Å². The SMILES string of the molecule is C=C(C)c1ccccc1C(=CC)CBr. The Bertz CT molecular complexity index is 361. The smallest absolute Gasteiger partial charge is 0.0285 e. The normalized spacial score (nSPS) is 11.5. The maximum absolute atomic E-state index is 3.99. The van der Waals surface area contributed by atoms with Crippen LogP contribution in [0.25, 0.3) is 11.1 Å². The lowest BCUT2D eigenvalue weighted by atomic mass is 9.97. The molecule has 0 unspecified atom stereocenters. The molecule has 0 aromatic heterocycles. The van der Waals surface area contributed by atoms with E-state index in [-0.39, 0.29) is 0 Å². The fourth-order valence-corrected chi connectivity index (χ4v) is 2.07. The Kier molecular flexibility index (Phi) is 4.15. The number of rotatable bonds is 3. The monoisotopic (exact) mass is 250 g/mol. The van der Waals surface area contributed by atoms with Crippen LogP contribution in [0, 0.1) is 0 Å². The summed E-state index contributed by atoms with van der Waals surface area (Å²) in [6.07, 6.45) is 2.14. The third kappa shape index (κ3) is 2.36. The van der Waals surface area contributed by atoms with E-state index in [0.29, 0.717) is 0 Å². The molecular formula is C13H15Br. The minimum absolute atomic E-state index is 0.883. The molecule has 0 amide bonds. The molecule has 0 saturated heterocycles. The Morgan fingerprint density at radius 2 is 1.93 bits per heavy atom. The van der Waals surface area contributed by atoms with E-state index in [1.165, 1.54) is 16.7 Å². The molecule has 0 bridgehead atoms. The zero-order chi connectivity index (χ0) is 10.6. The molecule has 0 spiro atoms. The van der Waals surface area contributed by atoms with Crippen molar-refractivity contribution < 1.29 is 0 Å². The Morgan fingerprint density at radius 3 is 2.36 bits per heavy atom. The molecule has 0 nitrogen and oxygen atoms in total. The van der Waals surface area contributed by atoms with Crippen molar-refractivity contribution in [3.63, 3.8) is 0 Å². The molecule has 0 radical (unpaired) electrons. The highest BCUT2D eigenvalue weighted by atomic mass is 79.9. The van der Waals surface area contributed by atoms with Crippen LogP contribution in [0.2, 0.25) is 0 Å². The van der Waals surface area contributed by atoms with Gasteiger partial charge in [0.15, 0.2) is 0 Å². The highest BCUT2D eigenvalue weighted by Crippen LogP contribution is 2.25. The molecule has 1 heteroatoms. The van der Waals surface area contributed by atoms with Gasteiger partial charge in [0.2, 0.25) is 0 Å². The standard InChI is InChI=1S/C13H15Br/c1-4-11(9-14)13-8-6-5-7-12(13)10(2)3/h4-8H,2,9H2,1,3H3. The van der Waals surface area contributed by atoms with Crippen molar-refractivity contribution >= 4 is 27.1 Å². The summed E-state index contributed by atoms with van der Waals surface area (Å²) in [5.41, 5.74) is 4.93. The van der Waals surface area contributed by atoms with Crippen molar-refractivity contribution in [3.05, 3.63) is 48.0 Å². The average Bonchev–Trinajstić information content (AvgIpc) is 2.20. The molecule has 0 fully saturated rings. The predicted molar refractivity (Wildman–Crippen MR) is 68.6 cm³/mol. The van der Waals surface area contributed by atoms with Crippen LogP contribution in [0.15, 0.2) is 36.9 Å². The summed E-state index contributed by atoms with van der Waals surface area (Å²) < 4.78 is 0. The summed E-state index contributed by atoms with van der Waals surface area (Å²) in [5, 5.41) is 0.883. The Morgan fingerprint density at radius 1 is 1.36 bits per heavy atom. The molecule has 0 saturated carbocycles. The first-order valence-electron chi connectivity index (χ1n) is 4.67. The third-order valence-corrected chi connectivity index (χ3v) is 2.83. The van der Waals surface area contributed by atoms with Gasteiger partial charge < -0.3 is 0 Å². The van der Waals surface area contributed by atoms with Crippen LogP contribution in [0.5, 0.6) is 0 Å². The lowest BCUT2D eigenvalue weighted by molar-refractivity contribution is 1.49. The summed E-state index contributed by atoms with van der Waals surface area (Å²) in [5.74, 6) is 0. The molecule has 1 rings (SSSR count). The van der Waals surface area contributed by atoms with Crippen LogP contribution in [0.1, 0.15) is 25.0 Å². The summed E-state index contributed by atoms with van der Waals surface area (Å²) >= 11 is 3.50. The van der Waals surface area contributed by atoms with Crippen LogP contribution < -0.4 is 0 Å². The van der Waals surface area contributed by atoms with Crippen LogP contribution >= 0.6 is 15.9 Å². The van der Waals surface area contributed by atoms with Crippen molar-refractivity contribution in [3.8, 4) is 0 Å². The van der Waals surface area contributed by atoms with Crippen molar-refractivity contribution in [2.45, 2.75) is 13.8 Å². The van der Waals surface area contributed by atoms with E-state index in [0.717, 1.165) is 10.9 Å². The first-order chi connectivity index (χ1) is 6.70. The summed E-state index contributed by atoms with van der Waals surface area (Å²) in [6, 6.07) is 8.37. The van der Waals surface area contributed by atoms with Gasteiger partial charge in [-0.15, -0.1) is 0 Å². The van der Waals surface area contributed by atoms with Gasteiger partial charge in [-0.2, -0.15) is 0 Å². The zero-order valence-corrected chi connectivity index (χ0v) is 10.3. The summed E-state index contributed by atoms with van der Waals surface area (Å²) in [4.78, 5) is 0. The van der Waals surface area contributed by atoms with Gasteiger partial charge in [0.05, 0.1) is 0 Å². The molecule has 0 atom stereocenters. The first kappa shape index (κ1) is 11.3. The number of halogens is 1. The van der Waals surface area contributed by atoms with Gasteiger partial charge in [-0.3, -0.25) is 0 Å². The highest BCUT2D eigenvalue weighted by molar-refractivity contribution is 9.09. The van der Waals surface area contributed by atoms with Gasteiger partial charge in [-0.05, 0) is 30.5 Å². The second kappa shape index (κ2) is 5.16. The van der Waals surface area contributed by atoms with Crippen molar-refractivity contribution in [1.82, 2.24) is 0 Å². The van der Waals surface area contributed by atoms with E-state index < -0.39 is 0 Å². The van der Waals surface area contributed by atoms with Crippen LogP contribution in [-0.2, 0) is 0 Å². The quantitative estimate of drug-likeness (QED) is 0.693. The number of hydrogen-bond acceptors (Lipinski definition) is 0. The number of allylic oxidation sites excluding steroid dienone is 3. The number of benzene rings is 1. The summed E-state index contributed by atoms with van der Waals surface area (Å²) in [6.45, 7) is 8.10. The minimum atomic E-state index is 0.883. The molecule has 0 N–H and O–H groups in total. The number of alkyl halides is 1. The van der Waals surface area contributed by atoms with Crippen molar-refractivity contribution in [2.24, 2.45) is 0 Å². The molecular weight excluding hydrogens is 236 g/mol. The predicted octanol–water partition coefficient (Wildman–Crippen LogP) is 4.52. The van der Waals surface area contributed by atoms with Crippen molar-refractivity contribution in [1.29, 1.82) is 0 Å². The van der Waals surface area contributed by atoms with Gasteiger partial charge in [0.1, 0.15) is 0 Å². The molecule has 0 aliphatic heterocycles. The fraction of sp³-hybridized carbons (Fsp3) is 0.231. The number of hydrogen-bond donors (Lipinski definition) is 0. The minimum Gasteiger partial charge on any atom is -0.0955 e. The summed E-state index contributed by atoms with van der Waals surface area (Å²) in [7, 11) is 0. The lowest BCUT2D eigenvalue weighted by Gasteiger charge is -2.10. The van der Waals surface area contributed by atoms with E-state index in [9.17, 15) is 0 Å². The average molecular weight is 251 g/mol. The van der Waals surface area contributed by atoms with Gasteiger partial charge in [0, 0.05) is 5.33 Å². The van der Waals surface area contributed by atoms with Crippen LogP contribution in [0.3, 0.4) is 0 Å². The molecule has 0 aliphatic carbocycles. The Labute approximate surface area is 94.5 Å². The third-order valence-electron chi connectivity index (χ3n) is 2.23. The molecule has 0 heterocycles. The molecule has 1 aromatic carbocycles. The van der Waals surface area contributed by atoms with E-state index in [4.69, 9.17) is 0 Å². The van der Waals surface area contributed by atoms with E-state index >= 15 is 0 Å². The molecule has 1 aromatic rings. The zero-order valence-electron chi connectivity index (χ0n) is 8.68. The van der Waals surface area contributed by atoms with Gasteiger partial charge in [-0.1, -0.05) is 58.4 Å². The van der Waals surface area contributed by atoms with E-state index in [1.807, 2.05) is 6.92 Å². The maximum Gasteiger partial charge on any atom is 0.0285 e. The maximum atomic E-state index is 3.99. The molecule has 14 heavy (non-hydrogen) atoms. The van der Waals surface area contributed by atoms with Gasteiger partial charge in [-0.25, -0.2) is 0 Å². The van der Waals surface area contributed by atoms with Crippen LogP contribution in [0.4, 0.5) is 0 Å². The lowest BCUT2D eigenvalue weighted by Crippen LogP contribution is -1.91. The fourth-order valence-electron chi connectivity index (χ4n) is 1.44. The Hall–Kier alpha value is -0.820. The topological polar surface area (TPSA) is 0 Å². The largest absolute Gasteiger partial charge is 0.0955 e. The van der Waals surface area contributed by atoms with Gasteiger partial charge >= 0.3 is 0 Å².